The summed E-state index contributed by atoms with van der Waals surface area (Å²) in [6, 6.07) is 9.75. The second-order valence-electron chi connectivity index (χ2n) is 8.39. The minimum Gasteiger partial charge on any atom is -0.593 e. The van der Waals surface area contributed by atoms with Gasteiger partial charge < -0.3 is 14.6 Å². The lowest BCUT2D eigenvalue weighted by Crippen LogP contribution is -2.21. The van der Waals surface area contributed by atoms with Crippen LogP contribution in [-0.2, 0) is 17.5 Å². The summed E-state index contributed by atoms with van der Waals surface area (Å²) in [5.41, 5.74) is -0.968. The molecule has 1 heterocycles. The predicted molar refractivity (Wildman–Crippen MR) is 127 cm³/mol. The maximum Gasteiger partial charge on any atom is 0.416 e. The highest BCUT2D eigenvalue weighted by Crippen LogP contribution is 2.50. The number of aromatic nitrogens is 1. The summed E-state index contributed by atoms with van der Waals surface area (Å²) in [6.07, 6.45) is -3.49. The Kier molecular flexibility index (Phi) is 7.26. The molecule has 1 amide bonds. The zero-order valence-corrected chi connectivity index (χ0v) is 20.4. The lowest BCUT2D eigenvalue weighted by molar-refractivity contribution is -0.138. The number of nitrogens with zero attached hydrogens (tertiary/aromatic N) is 1. The number of carbonyl (C=O) groups is 1. The summed E-state index contributed by atoms with van der Waals surface area (Å²) in [7, 11) is 1.50. The van der Waals surface area contributed by atoms with Gasteiger partial charge in [-0.3, -0.25) is 4.79 Å². The van der Waals surface area contributed by atoms with Crippen molar-refractivity contribution in [2.75, 3.05) is 12.4 Å². The minimum absolute atomic E-state index is 0.0608. The van der Waals surface area contributed by atoms with Crippen LogP contribution < -0.4 is 14.8 Å². The normalized spacial score (nSPS) is 14.4. The molecule has 1 fully saturated rings. The highest BCUT2D eigenvalue weighted by atomic mass is 32.2. The van der Waals surface area contributed by atoms with E-state index in [9.17, 15) is 26.9 Å². The molecular formula is C25H23F4N3O3S. The SMILES string of the molecule is CN[S+]([O-])c1cccc(NC(=O)c2c(Oc3ccc(F)nc3C)cc(C3CC3)c(C(F)(F)F)c2C)c1. The second-order valence-corrected chi connectivity index (χ2v) is 9.80. The van der Waals surface area contributed by atoms with Gasteiger partial charge >= 0.3 is 6.18 Å². The number of hydrogen-bond donors (Lipinski definition) is 2. The standard InChI is InChI=1S/C25H23F4N3O3S/c1-13-22(24(33)32-16-5-4-6-17(11-16)36(34)30-3)20(35-19-9-10-21(26)31-14(19)2)12-18(15-7-8-15)23(13)25(27,28)29/h4-6,9-12,15,30H,7-8H2,1-3H3,(H,32,33). The van der Waals surface area contributed by atoms with Gasteiger partial charge in [-0.25, -0.2) is 4.98 Å². The quantitative estimate of drug-likeness (QED) is 0.226. The molecule has 36 heavy (non-hydrogen) atoms. The zero-order valence-electron chi connectivity index (χ0n) is 19.6. The van der Waals surface area contributed by atoms with Gasteiger partial charge in [0, 0.05) is 18.8 Å². The molecule has 2 N–H and O–H groups in total. The molecule has 1 aliphatic carbocycles. The smallest absolute Gasteiger partial charge is 0.416 e. The Balaban J connectivity index is 1.82. The Morgan fingerprint density at radius 3 is 2.47 bits per heavy atom. The molecule has 0 aliphatic heterocycles. The fraction of sp³-hybridized carbons (Fsp3) is 0.280. The molecule has 1 unspecified atom stereocenters. The molecule has 1 aliphatic rings. The van der Waals surface area contributed by atoms with Crippen LogP contribution in [0.15, 0.2) is 47.4 Å². The summed E-state index contributed by atoms with van der Waals surface area (Å²) in [5.74, 6) is -1.85. The van der Waals surface area contributed by atoms with Crippen LogP contribution in [0.2, 0.25) is 0 Å². The number of pyridine rings is 1. The van der Waals surface area contributed by atoms with E-state index < -0.39 is 35.0 Å². The van der Waals surface area contributed by atoms with Crippen LogP contribution in [0, 0.1) is 19.8 Å². The van der Waals surface area contributed by atoms with Gasteiger partial charge in [0.05, 0.1) is 28.2 Å². The molecule has 11 heteroatoms. The maximum atomic E-state index is 14.2. The number of amides is 1. The molecule has 1 saturated carbocycles. The number of aryl methyl sites for hydroxylation is 1. The Labute approximate surface area is 208 Å². The van der Waals surface area contributed by atoms with Crippen molar-refractivity contribution >= 4 is 23.0 Å². The van der Waals surface area contributed by atoms with Crippen LogP contribution in [0.4, 0.5) is 23.2 Å². The van der Waals surface area contributed by atoms with Crippen LogP contribution in [0.1, 0.15) is 51.5 Å². The predicted octanol–water partition coefficient (Wildman–Crippen LogP) is 6.02. The van der Waals surface area contributed by atoms with Crippen molar-refractivity contribution in [2.24, 2.45) is 0 Å². The maximum absolute atomic E-state index is 14.2. The third-order valence-electron chi connectivity index (χ3n) is 5.81. The third-order valence-corrected chi connectivity index (χ3v) is 6.87. The summed E-state index contributed by atoms with van der Waals surface area (Å²) < 4.78 is 76.5. The van der Waals surface area contributed by atoms with E-state index in [1.54, 1.807) is 12.1 Å². The molecule has 0 radical (unpaired) electrons. The number of rotatable bonds is 7. The van der Waals surface area contributed by atoms with E-state index >= 15 is 0 Å². The monoisotopic (exact) mass is 521 g/mol. The number of nitrogens with one attached hydrogen (secondary N) is 2. The number of anilines is 1. The summed E-state index contributed by atoms with van der Waals surface area (Å²) >= 11 is -1.53. The Morgan fingerprint density at radius 2 is 1.86 bits per heavy atom. The van der Waals surface area contributed by atoms with Crippen molar-refractivity contribution in [3.8, 4) is 11.5 Å². The molecule has 6 nitrogen and oxygen atoms in total. The van der Waals surface area contributed by atoms with Crippen LogP contribution in [0.25, 0.3) is 0 Å². The average Bonchev–Trinajstić information content (AvgIpc) is 3.64. The Bertz CT molecular complexity index is 1310. The first-order valence-corrected chi connectivity index (χ1v) is 12.2. The van der Waals surface area contributed by atoms with Crippen molar-refractivity contribution in [2.45, 2.75) is 43.7 Å². The fourth-order valence-electron chi connectivity index (χ4n) is 4.01. The number of carbonyl (C=O) groups excluding carboxylic acids is 1. The van der Waals surface area contributed by atoms with Gasteiger partial charge in [-0.2, -0.15) is 17.6 Å². The van der Waals surface area contributed by atoms with E-state index in [0.29, 0.717) is 17.7 Å². The number of benzene rings is 2. The number of hydrogen-bond acceptors (Lipinski definition) is 5. The topological polar surface area (TPSA) is 86.3 Å². The first-order valence-electron chi connectivity index (χ1n) is 11.1. The molecule has 0 saturated heterocycles. The van der Waals surface area contributed by atoms with E-state index in [2.05, 4.69) is 15.0 Å². The number of halogens is 4. The number of ether oxygens (including phenoxy) is 1. The Hall–Kier alpha value is -3.15. The van der Waals surface area contributed by atoms with Crippen LogP contribution in [-0.4, -0.2) is 22.5 Å². The minimum atomic E-state index is -4.69. The lowest BCUT2D eigenvalue weighted by Gasteiger charge is -2.22. The van der Waals surface area contributed by atoms with Crippen molar-refractivity contribution < 1.29 is 31.6 Å². The average molecular weight is 522 g/mol. The van der Waals surface area contributed by atoms with Gasteiger partial charge in [-0.15, -0.1) is 4.72 Å². The van der Waals surface area contributed by atoms with Crippen molar-refractivity contribution in [1.82, 2.24) is 9.71 Å². The molecule has 2 aromatic carbocycles. The second kappa shape index (κ2) is 10.1. The van der Waals surface area contributed by atoms with Gasteiger partial charge in [-0.1, -0.05) is 6.07 Å². The van der Waals surface area contributed by atoms with Crippen molar-refractivity contribution in [3.63, 3.8) is 0 Å². The van der Waals surface area contributed by atoms with Gasteiger partial charge in [0.2, 0.25) is 5.95 Å². The lowest BCUT2D eigenvalue weighted by atomic mass is 9.92. The number of alkyl halides is 3. The highest BCUT2D eigenvalue weighted by molar-refractivity contribution is 7.89. The fourth-order valence-corrected chi connectivity index (χ4v) is 4.68. The van der Waals surface area contributed by atoms with E-state index in [0.717, 1.165) is 6.07 Å². The molecule has 3 aromatic rings. The summed E-state index contributed by atoms with van der Waals surface area (Å²) in [4.78, 5) is 17.4. The molecule has 0 bridgehead atoms. The largest absolute Gasteiger partial charge is 0.593 e. The van der Waals surface area contributed by atoms with E-state index in [4.69, 9.17) is 4.74 Å². The van der Waals surface area contributed by atoms with Gasteiger partial charge in [0.1, 0.15) is 11.5 Å². The molecule has 190 valence electrons. The van der Waals surface area contributed by atoms with Gasteiger partial charge in [0.15, 0.2) is 4.90 Å². The zero-order chi connectivity index (χ0) is 26.2. The van der Waals surface area contributed by atoms with Gasteiger partial charge in [-0.05, 0) is 74.1 Å². The van der Waals surface area contributed by atoms with Crippen LogP contribution >= 0.6 is 0 Å². The van der Waals surface area contributed by atoms with E-state index in [1.807, 2.05) is 0 Å². The van der Waals surface area contributed by atoms with Crippen molar-refractivity contribution in [1.29, 1.82) is 0 Å². The molecule has 1 aromatic heterocycles. The van der Waals surface area contributed by atoms with Crippen LogP contribution in [0.3, 0.4) is 0 Å². The summed E-state index contributed by atoms with van der Waals surface area (Å²) in [5, 5.41) is 2.59. The van der Waals surface area contributed by atoms with E-state index in [-0.39, 0.29) is 45.5 Å². The summed E-state index contributed by atoms with van der Waals surface area (Å²) in [6.45, 7) is 2.73. The van der Waals surface area contributed by atoms with Gasteiger partial charge in [0.25, 0.3) is 5.91 Å². The Morgan fingerprint density at radius 1 is 1.14 bits per heavy atom. The van der Waals surface area contributed by atoms with Crippen molar-refractivity contribution in [3.05, 3.63) is 76.4 Å². The first-order chi connectivity index (χ1) is 17.0. The molecule has 0 spiro atoms. The third kappa shape index (κ3) is 5.48. The molecule has 4 rings (SSSR count). The van der Waals surface area contributed by atoms with Crippen LogP contribution in [0.5, 0.6) is 11.5 Å². The molecular weight excluding hydrogens is 498 g/mol. The first kappa shape index (κ1) is 25.9. The van der Waals surface area contributed by atoms with E-state index in [1.165, 1.54) is 45.2 Å². The highest BCUT2D eigenvalue weighted by Gasteiger charge is 2.42. The molecule has 1 atom stereocenters.